The van der Waals surface area contributed by atoms with Gasteiger partial charge in [0.25, 0.3) is 0 Å². The molecule has 2 N–H and O–H groups in total. The van der Waals surface area contributed by atoms with Crippen LogP contribution in [0.5, 0.6) is 0 Å². The van der Waals surface area contributed by atoms with Gasteiger partial charge in [-0.1, -0.05) is 32.1 Å². The summed E-state index contributed by atoms with van der Waals surface area (Å²) < 4.78 is 0. The van der Waals surface area contributed by atoms with Crippen molar-refractivity contribution in [3.05, 3.63) is 0 Å². The smallest absolute Gasteiger partial charge is 0.117 e. The van der Waals surface area contributed by atoms with E-state index in [1.54, 1.807) is 0 Å². The molecule has 3 nitrogen and oxygen atoms in total. The normalized spacial score (nSPS) is 29.3. The molecule has 3 rings (SSSR count). The fourth-order valence-corrected chi connectivity index (χ4v) is 3.71. The Bertz CT molecular complexity index is 286. The van der Waals surface area contributed by atoms with Crippen LogP contribution in [0.25, 0.3) is 0 Å². The third-order valence-corrected chi connectivity index (χ3v) is 4.70. The van der Waals surface area contributed by atoms with Gasteiger partial charge < -0.3 is 10.6 Å². The molecular weight excluding hydrogens is 210 g/mol. The van der Waals surface area contributed by atoms with Crippen molar-refractivity contribution in [2.75, 3.05) is 13.1 Å². The zero-order valence-corrected chi connectivity index (χ0v) is 10.8. The van der Waals surface area contributed by atoms with E-state index >= 15 is 0 Å². The van der Waals surface area contributed by atoms with Gasteiger partial charge in [-0.3, -0.25) is 4.99 Å². The molecular formula is C14H25N3. The van der Waals surface area contributed by atoms with Crippen molar-refractivity contribution < 1.29 is 0 Å². The molecule has 0 aromatic carbocycles. The van der Waals surface area contributed by atoms with Crippen molar-refractivity contribution in [2.45, 2.75) is 69.4 Å². The Morgan fingerprint density at radius 3 is 2.59 bits per heavy atom. The van der Waals surface area contributed by atoms with E-state index in [1.165, 1.54) is 63.6 Å². The van der Waals surface area contributed by atoms with Gasteiger partial charge in [0, 0.05) is 12.6 Å². The van der Waals surface area contributed by atoms with Crippen LogP contribution in [0, 0.1) is 0 Å². The van der Waals surface area contributed by atoms with E-state index in [0.717, 1.165) is 13.1 Å². The summed E-state index contributed by atoms with van der Waals surface area (Å²) in [6, 6.07) is 0.701. The zero-order valence-electron chi connectivity index (χ0n) is 10.8. The molecule has 0 aromatic rings. The number of nitrogens with zero attached hydrogens (tertiary/aromatic N) is 1. The first-order valence-electron chi connectivity index (χ1n) is 7.46. The SMILES string of the molecule is C1CCC2(CC1)NCCN=C2NC1CCCC1. The van der Waals surface area contributed by atoms with E-state index in [0.29, 0.717) is 6.04 Å². The second-order valence-electron chi connectivity index (χ2n) is 5.93. The number of nitrogens with one attached hydrogen (secondary N) is 2. The number of hydrogen-bond acceptors (Lipinski definition) is 3. The van der Waals surface area contributed by atoms with E-state index in [2.05, 4.69) is 10.6 Å². The van der Waals surface area contributed by atoms with Gasteiger partial charge in [0.2, 0.25) is 0 Å². The lowest BCUT2D eigenvalue weighted by atomic mass is 9.79. The minimum Gasteiger partial charge on any atom is -0.370 e. The van der Waals surface area contributed by atoms with Gasteiger partial charge in [-0.2, -0.15) is 0 Å². The van der Waals surface area contributed by atoms with Crippen LogP contribution in [0.3, 0.4) is 0 Å². The highest BCUT2D eigenvalue weighted by Crippen LogP contribution is 2.31. The summed E-state index contributed by atoms with van der Waals surface area (Å²) >= 11 is 0. The van der Waals surface area contributed by atoms with Crippen LogP contribution in [-0.4, -0.2) is 30.5 Å². The summed E-state index contributed by atoms with van der Waals surface area (Å²) in [6.07, 6.45) is 12.2. The van der Waals surface area contributed by atoms with E-state index < -0.39 is 0 Å². The van der Waals surface area contributed by atoms with E-state index in [1.807, 2.05) is 0 Å². The van der Waals surface area contributed by atoms with Gasteiger partial charge in [-0.05, 0) is 25.7 Å². The molecule has 3 heteroatoms. The number of amidine groups is 1. The summed E-state index contributed by atoms with van der Waals surface area (Å²) in [5.41, 5.74) is 0.221. The predicted molar refractivity (Wildman–Crippen MR) is 71.5 cm³/mol. The third kappa shape index (κ3) is 2.35. The second-order valence-corrected chi connectivity index (χ2v) is 5.93. The summed E-state index contributed by atoms with van der Waals surface area (Å²) in [5, 5.41) is 7.53. The van der Waals surface area contributed by atoms with Crippen molar-refractivity contribution in [3.63, 3.8) is 0 Å². The molecule has 2 saturated carbocycles. The van der Waals surface area contributed by atoms with Crippen molar-refractivity contribution >= 4 is 5.84 Å². The average Bonchev–Trinajstić information content (AvgIpc) is 2.86. The van der Waals surface area contributed by atoms with Crippen LogP contribution in [0.1, 0.15) is 57.8 Å². The van der Waals surface area contributed by atoms with Crippen molar-refractivity contribution in [1.82, 2.24) is 10.6 Å². The maximum Gasteiger partial charge on any atom is 0.117 e. The molecule has 1 heterocycles. The Balaban J connectivity index is 1.72. The van der Waals surface area contributed by atoms with Gasteiger partial charge in [0.1, 0.15) is 5.84 Å². The minimum atomic E-state index is 0.221. The van der Waals surface area contributed by atoms with E-state index in [4.69, 9.17) is 4.99 Å². The quantitative estimate of drug-likeness (QED) is 0.731. The Kier molecular flexibility index (Phi) is 3.37. The highest BCUT2D eigenvalue weighted by Gasteiger charge is 2.39. The minimum absolute atomic E-state index is 0.221. The molecule has 1 aliphatic heterocycles. The van der Waals surface area contributed by atoms with Crippen molar-refractivity contribution in [2.24, 2.45) is 4.99 Å². The van der Waals surface area contributed by atoms with Gasteiger partial charge in [-0.25, -0.2) is 0 Å². The molecule has 0 unspecified atom stereocenters. The summed E-state index contributed by atoms with van der Waals surface area (Å²) in [6.45, 7) is 2.02. The molecule has 0 amide bonds. The molecule has 1 spiro atoms. The Morgan fingerprint density at radius 2 is 1.82 bits per heavy atom. The van der Waals surface area contributed by atoms with Crippen LogP contribution >= 0.6 is 0 Å². The highest BCUT2D eigenvalue weighted by atomic mass is 15.2. The molecule has 2 fully saturated rings. The zero-order chi connectivity index (χ0) is 11.6. The van der Waals surface area contributed by atoms with Crippen molar-refractivity contribution in [1.29, 1.82) is 0 Å². The van der Waals surface area contributed by atoms with Crippen LogP contribution in [0.4, 0.5) is 0 Å². The molecule has 0 saturated heterocycles. The Labute approximate surface area is 104 Å². The van der Waals surface area contributed by atoms with Crippen LogP contribution in [0.2, 0.25) is 0 Å². The summed E-state index contributed by atoms with van der Waals surface area (Å²) in [4.78, 5) is 4.81. The molecule has 0 aromatic heterocycles. The number of hydrogen-bond donors (Lipinski definition) is 2. The van der Waals surface area contributed by atoms with Gasteiger partial charge in [0.15, 0.2) is 0 Å². The molecule has 17 heavy (non-hydrogen) atoms. The Hall–Kier alpha value is -0.570. The second kappa shape index (κ2) is 4.97. The van der Waals surface area contributed by atoms with E-state index in [-0.39, 0.29) is 5.54 Å². The molecule has 0 atom stereocenters. The fourth-order valence-electron chi connectivity index (χ4n) is 3.71. The first-order valence-corrected chi connectivity index (χ1v) is 7.46. The Morgan fingerprint density at radius 1 is 1.06 bits per heavy atom. The van der Waals surface area contributed by atoms with Gasteiger partial charge in [0.05, 0.1) is 12.1 Å². The molecule has 2 aliphatic carbocycles. The first kappa shape index (κ1) is 11.5. The van der Waals surface area contributed by atoms with Crippen LogP contribution in [-0.2, 0) is 0 Å². The van der Waals surface area contributed by atoms with Crippen molar-refractivity contribution in [3.8, 4) is 0 Å². The maximum absolute atomic E-state index is 4.81. The van der Waals surface area contributed by atoms with Crippen LogP contribution < -0.4 is 10.6 Å². The molecule has 0 radical (unpaired) electrons. The number of aliphatic imine (C=N–C) groups is 1. The lowest BCUT2D eigenvalue weighted by molar-refractivity contribution is 0.295. The lowest BCUT2D eigenvalue weighted by Gasteiger charge is -2.42. The average molecular weight is 235 g/mol. The molecule has 0 bridgehead atoms. The topological polar surface area (TPSA) is 36.4 Å². The molecule has 3 aliphatic rings. The van der Waals surface area contributed by atoms with Gasteiger partial charge in [-0.15, -0.1) is 0 Å². The first-order chi connectivity index (χ1) is 8.39. The monoisotopic (exact) mass is 235 g/mol. The lowest BCUT2D eigenvalue weighted by Crippen LogP contribution is -2.62. The standard InChI is InChI=1S/C14H25N3/c1-4-8-14(9-5-1)13(15-10-11-16-14)17-12-6-2-3-7-12/h12,16H,1-11H2,(H,15,17). The summed E-state index contributed by atoms with van der Waals surface area (Å²) in [7, 11) is 0. The predicted octanol–water partition coefficient (Wildman–Crippen LogP) is 2.22. The number of rotatable bonds is 1. The largest absolute Gasteiger partial charge is 0.370 e. The summed E-state index contributed by atoms with van der Waals surface area (Å²) in [5.74, 6) is 1.30. The van der Waals surface area contributed by atoms with E-state index in [9.17, 15) is 0 Å². The highest BCUT2D eigenvalue weighted by molar-refractivity contribution is 5.92. The van der Waals surface area contributed by atoms with Gasteiger partial charge >= 0.3 is 0 Å². The molecule has 96 valence electrons. The third-order valence-electron chi connectivity index (χ3n) is 4.70. The van der Waals surface area contributed by atoms with Crippen LogP contribution in [0.15, 0.2) is 4.99 Å². The fraction of sp³-hybridized carbons (Fsp3) is 0.929. The maximum atomic E-state index is 4.81.